The standard InChI is InChI=1S/C21H19ClN2O5/c1-13(21(26)24-16-6-4-5-15(9-16)12-23)29-19(25)8-7-14-10-17(22)20(28-3)18(11-14)27-2/h4-11,13H,1-3H3,(H,24,26)/b8-7+. The molecule has 0 saturated heterocycles. The fourth-order valence-electron chi connectivity index (χ4n) is 2.38. The average Bonchev–Trinajstić information content (AvgIpc) is 2.71. The number of hydrogen-bond donors (Lipinski definition) is 1. The summed E-state index contributed by atoms with van der Waals surface area (Å²) in [6.45, 7) is 1.45. The van der Waals surface area contributed by atoms with Crippen LogP contribution in [0.3, 0.4) is 0 Å². The molecule has 2 aromatic carbocycles. The summed E-state index contributed by atoms with van der Waals surface area (Å²) >= 11 is 6.13. The van der Waals surface area contributed by atoms with Gasteiger partial charge in [-0.2, -0.15) is 5.26 Å². The van der Waals surface area contributed by atoms with Crippen LogP contribution in [-0.2, 0) is 14.3 Å². The van der Waals surface area contributed by atoms with Crippen molar-refractivity contribution in [3.63, 3.8) is 0 Å². The second-order valence-corrected chi connectivity index (χ2v) is 6.24. The van der Waals surface area contributed by atoms with Crippen LogP contribution in [0.4, 0.5) is 5.69 Å². The van der Waals surface area contributed by atoms with Crippen molar-refractivity contribution >= 4 is 35.2 Å². The third-order valence-corrected chi connectivity index (χ3v) is 4.07. The molecule has 0 heterocycles. The Morgan fingerprint density at radius 1 is 1.21 bits per heavy atom. The molecule has 150 valence electrons. The predicted octanol–water partition coefficient (Wildman–Crippen LogP) is 3.81. The summed E-state index contributed by atoms with van der Waals surface area (Å²) in [6, 6.07) is 11.6. The van der Waals surface area contributed by atoms with E-state index in [9.17, 15) is 9.59 Å². The maximum atomic E-state index is 12.2. The lowest BCUT2D eigenvalue weighted by Crippen LogP contribution is -2.29. The highest BCUT2D eigenvalue weighted by Crippen LogP contribution is 2.36. The van der Waals surface area contributed by atoms with Crippen molar-refractivity contribution in [1.29, 1.82) is 5.26 Å². The largest absolute Gasteiger partial charge is 0.493 e. The third-order valence-electron chi connectivity index (χ3n) is 3.79. The van der Waals surface area contributed by atoms with Crippen molar-refractivity contribution < 1.29 is 23.8 Å². The zero-order valence-electron chi connectivity index (χ0n) is 16.1. The number of hydrogen-bond acceptors (Lipinski definition) is 6. The Morgan fingerprint density at radius 3 is 2.62 bits per heavy atom. The molecule has 0 radical (unpaired) electrons. The molecule has 0 bridgehead atoms. The summed E-state index contributed by atoms with van der Waals surface area (Å²) in [5.41, 5.74) is 1.44. The number of benzene rings is 2. The fourth-order valence-corrected chi connectivity index (χ4v) is 2.67. The first-order valence-electron chi connectivity index (χ1n) is 8.49. The van der Waals surface area contributed by atoms with Crippen LogP contribution in [0.25, 0.3) is 6.08 Å². The number of carbonyl (C=O) groups is 2. The van der Waals surface area contributed by atoms with Crippen LogP contribution in [0, 0.1) is 11.3 Å². The van der Waals surface area contributed by atoms with Gasteiger partial charge in [0.05, 0.1) is 30.9 Å². The summed E-state index contributed by atoms with van der Waals surface area (Å²) in [4.78, 5) is 24.2. The molecule has 0 spiro atoms. The van der Waals surface area contributed by atoms with E-state index in [1.165, 1.54) is 39.4 Å². The van der Waals surface area contributed by atoms with E-state index in [1.54, 1.807) is 30.3 Å². The highest BCUT2D eigenvalue weighted by atomic mass is 35.5. The van der Waals surface area contributed by atoms with E-state index in [2.05, 4.69) is 5.32 Å². The van der Waals surface area contributed by atoms with Crippen molar-refractivity contribution in [2.24, 2.45) is 0 Å². The van der Waals surface area contributed by atoms with Gasteiger partial charge in [0.1, 0.15) is 0 Å². The second-order valence-electron chi connectivity index (χ2n) is 5.83. The Kier molecular flexibility index (Phi) is 7.63. The molecule has 0 aliphatic rings. The highest BCUT2D eigenvalue weighted by Gasteiger charge is 2.17. The average molecular weight is 415 g/mol. The third kappa shape index (κ3) is 5.99. The first-order valence-corrected chi connectivity index (χ1v) is 8.87. The molecule has 0 aromatic heterocycles. The zero-order chi connectivity index (χ0) is 21.4. The summed E-state index contributed by atoms with van der Waals surface area (Å²) in [5.74, 6) is -0.416. The highest BCUT2D eigenvalue weighted by molar-refractivity contribution is 6.32. The Labute approximate surface area is 173 Å². The monoisotopic (exact) mass is 414 g/mol. The molecule has 0 aliphatic heterocycles. The zero-order valence-corrected chi connectivity index (χ0v) is 16.8. The van der Waals surface area contributed by atoms with Crippen LogP contribution >= 0.6 is 11.6 Å². The molecule has 2 rings (SSSR count). The Morgan fingerprint density at radius 2 is 1.97 bits per heavy atom. The molecule has 8 heteroatoms. The molecule has 1 N–H and O–H groups in total. The quantitative estimate of drug-likeness (QED) is 0.546. The lowest BCUT2D eigenvalue weighted by molar-refractivity contribution is -0.148. The first-order chi connectivity index (χ1) is 13.9. The SMILES string of the molecule is COc1cc(/C=C/C(=O)OC(C)C(=O)Nc2cccc(C#N)c2)cc(Cl)c1OC. The van der Waals surface area contributed by atoms with Crippen LogP contribution in [0.5, 0.6) is 11.5 Å². The molecule has 2 aromatic rings. The first kappa shape index (κ1) is 21.8. The Balaban J connectivity index is 2.00. The molecule has 0 fully saturated rings. The van der Waals surface area contributed by atoms with Crippen molar-refractivity contribution in [3.05, 3.63) is 58.6 Å². The van der Waals surface area contributed by atoms with Crippen molar-refractivity contribution in [2.45, 2.75) is 13.0 Å². The van der Waals surface area contributed by atoms with E-state index in [4.69, 9.17) is 31.1 Å². The van der Waals surface area contributed by atoms with E-state index in [-0.39, 0.29) is 0 Å². The van der Waals surface area contributed by atoms with Gasteiger partial charge in [-0.05, 0) is 48.9 Å². The minimum absolute atomic E-state index is 0.326. The van der Waals surface area contributed by atoms with E-state index in [0.29, 0.717) is 33.3 Å². The Hall–Kier alpha value is -3.50. The predicted molar refractivity (Wildman–Crippen MR) is 109 cm³/mol. The molecule has 29 heavy (non-hydrogen) atoms. The molecular weight excluding hydrogens is 396 g/mol. The number of methoxy groups -OCH3 is 2. The van der Waals surface area contributed by atoms with Gasteiger partial charge in [-0.15, -0.1) is 0 Å². The number of ether oxygens (including phenoxy) is 3. The number of esters is 1. The van der Waals surface area contributed by atoms with Gasteiger partial charge in [-0.25, -0.2) is 4.79 Å². The molecule has 1 atom stereocenters. The van der Waals surface area contributed by atoms with Gasteiger partial charge in [0.2, 0.25) is 0 Å². The topological polar surface area (TPSA) is 97.6 Å². The Bertz CT molecular complexity index is 982. The van der Waals surface area contributed by atoms with Gasteiger partial charge in [0.15, 0.2) is 17.6 Å². The van der Waals surface area contributed by atoms with Crippen LogP contribution in [-0.4, -0.2) is 32.2 Å². The number of nitrogens with zero attached hydrogens (tertiary/aromatic N) is 1. The lowest BCUT2D eigenvalue weighted by Gasteiger charge is -2.12. The van der Waals surface area contributed by atoms with E-state index in [0.717, 1.165) is 0 Å². The minimum Gasteiger partial charge on any atom is -0.493 e. The smallest absolute Gasteiger partial charge is 0.331 e. The molecule has 7 nitrogen and oxygen atoms in total. The van der Waals surface area contributed by atoms with Crippen LogP contribution in [0.2, 0.25) is 5.02 Å². The second kappa shape index (κ2) is 10.2. The normalized spacial score (nSPS) is 11.4. The number of halogens is 1. The van der Waals surface area contributed by atoms with Crippen molar-refractivity contribution in [2.75, 3.05) is 19.5 Å². The van der Waals surface area contributed by atoms with E-state index < -0.39 is 18.0 Å². The number of nitrogens with one attached hydrogen (secondary N) is 1. The lowest BCUT2D eigenvalue weighted by atomic mass is 10.2. The summed E-state index contributed by atoms with van der Waals surface area (Å²) in [5, 5.41) is 11.8. The molecular formula is C21H19ClN2O5. The van der Waals surface area contributed by atoms with Gasteiger partial charge in [-0.3, -0.25) is 4.79 Å². The number of rotatable bonds is 7. The van der Waals surface area contributed by atoms with Crippen LogP contribution in [0.15, 0.2) is 42.5 Å². The van der Waals surface area contributed by atoms with Gasteiger partial charge >= 0.3 is 5.97 Å². The number of nitriles is 1. The summed E-state index contributed by atoms with van der Waals surface area (Å²) < 4.78 is 15.5. The van der Waals surface area contributed by atoms with Crippen molar-refractivity contribution in [3.8, 4) is 17.6 Å². The summed E-state index contributed by atoms with van der Waals surface area (Å²) in [7, 11) is 2.95. The van der Waals surface area contributed by atoms with Crippen LogP contribution < -0.4 is 14.8 Å². The molecule has 1 unspecified atom stereocenters. The molecule has 1 amide bonds. The molecule has 0 saturated carbocycles. The van der Waals surface area contributed by atoms with Crippen LogP contribution in [0.1, 0.15) is 18.1 Å². The van der Waals surface area contributed by atoms with Gasteiger partial charge in [-0.1, -0.05) is 17.7 Å². The van der Waals surface area contributed by atoms with E-state index >= 15 is 0 Å². The van der Waals surface area contributed by atoms with Gasteiger partial charge in [0.25, 0.3) is 5.91 Å². The fraction of sp³-hybridized carbons (Fsp3) is 0.190. The maximum absolute atomic E-state index is 12.2. The maximum Gasteiger partial charge on any atom is 0.331 e. The molecule has 0 aliphatic carbocycles. The van der Waals surface area contributed by atoms with Gasteiger partial charge < -0.3 is 19.5 Å². The van der Waals surface area contributed by atoms with Crippen molar-refractivity contribution in [1.82, 2.24) is 0 Å². The van der Waals surface area contributed by atoms with E-state index in [1.807, 2.05) is 6.07 Å². The number of amides is 1. The number of carbonyl (C=O) groups excluding carboxylic acids is 2. The van der Waals surface area contributed by atoms with Gasteiger partial charge in [0, 0.05) is 11.8 Å². The summed E-state index contributed by atoms with van der Waals surface area (Å²) in [6.07, 6.45) is 1.63. The number of anilines is 1. The minimum atomic E-state index is -1.04.